The third-order valence-electron chi connectivity index (χ3n) is 1.18. The molecule has 0 radical (unpaired) electrons. The van der Waals surface area contributed by atoms with Crippen molar-refractivity contribution in [2.45, 2.75) is 27.7 Å². The first-order chi connectivity index (χ1) is 5.52. The Labute approximate surface area is 77.6 Å². The second kappa shape index (κ2) is 6.82. The van der Waals surface area contributed by atoms with Crippen molar-refractivity contribution in [1.82, 2.24) is 0 Å². The topological polar surface area (TPSA) is 18.5 Å². The first-order valence-electron chi connectivity index (χ1n) is 4.52. The van der Waals surface area contributed by atoms with Gasteiger partial charge in [-0.05, 0) is 11.8 Å². The molecule has 0 unspecified atom stereocenters. The Bertz CT molecular complexity index is 92.7. The molecule has 0 saturated heterocycles. The molecule has 0 saturated carbocycles. The van der Waals surface area contributed by atoms with Gasteiger partial charge in [0.05, 0.1) is 13.2 Å². The number of rotatable bonds is 6. The Morgan fingerprint density at radius 1 is 0.917 bits per heavy atom. The minimum absolute atomic E-state index is 0.595. The van der Waals surface area contributed by atoms with Crippen molar-refractivity contribution >= 4 is 8.38 Å². The maximum Gasteiger partial charge on any atom is 0.167 e. The molecule has 0 spiro atoms. The highest BCUT2D eigenvalue weighted by Crippen LogP contribution is 2.34. The summed E-state index contributed by atoms with van der Waals surface area (Å²) in [4.78, 5) is 0. The van der Waals surface area contributed by atoms with Crippen molar-refractivity contribution in [3.8, 4) is 0 Å². The summed E-state index contributed by atoms with van der Waals surface area (Å²) in [6, 6.07) is 0. The molecule has 0 aromatic heterocycles. The molecule has 0 atom stereocenters. The first-order valence-corrected chi connectivity index (χ1v) is 6.14. The predicted octanol–water partition coefficient (Wildman–Crippen LogP) is 3.27. The van der Waals surface area contributed by atoms with Gasteiger partial charge in [-0.15, -0.1) is 0 Å². The van der Waals surface area contributed by atoms with Gasteiger partial charge in [0, 0.05) is 6.66 Å². The lowest BCUT2D eigenvalue weighted by Gasteiger charge is -2.15. The second-order valence-corrected chi connectivity index (χ2v) is 5.21. The fourth-order valence-electron chi connectivity index (χ4n) is 0.545. The van der Waals surface area contributed by atoms with Crippen LogP contribution in [0.15, 0.2) is 0 Å². The summed E-state index contributed by atoms with van der Waals surface area (Å²) in [5.74, 6) is 1.19. The zero-order chi connectivity index (χ0) is 9.56. The van der Waals surface area contributed by atoms with E-state index in [1.54, 1.807) is 0 Å². The van der Waals surface area contributed by atoms with Crippen molar-refractivity contribution in [2.24, 2.45) is 11.8 Å². The molecule has 0 N–H and O–H groups in total. The van der Waals surface area contributed by atoms with E-state index in [0.717, 1.165) is 13.2 Å². The van der Waals surface area contributed by atoms with E-state index in [0.29, 0.717) is 11.8 Å². The second-order valence-electron chi connectivity index (χ2n) is 3.82. The van der Waals surface area contributed by atoms with Crippen LogP contribution in [0.5, 0.6) is 0 Å². The quantitative estimate of drug-likeness (QED) is 0.601. The normalized spacial score (nSPS) is 12.0. The van der Waals surface area contributed by atoms with Gasteiger partial charge >= 0.3 is 0 Å². The van der Waals surface area contributed by atoms with Crippen LogP contribution in [0, 0.1) is 11.8 Å². The molecular weight excluding hydrogens is 171 g/mol. The van der Waals surface area contributed by atoms with Gasteiger partial charge in [-0.2, -0.15) is 0 Å². The molecule has 0 heterocycles. The van der Waals surface area contributed by atoms with Gasteiger partial charge in [-0.25, -0.2) is 0 Å². The molecule has 0 fully saturated rings. The van der Waals surface area contributed by atoms with Crippen LogP contribution in [-0.4, -0.2) is 19.9 Å². The zero-order valence-electron chi connectivity index (χ0n) is 8.83. The van der Waals surface area contributed by atoms with Crippen molar-refractivity contribution in [3.05, 3.63) is 0 Å². The monoisotopic (exact) mass is 192 g/mol. The highest BCUT2D eigenvalue weighted by Gasteiger charge is 2.05. The largest absolute Gasteiger partial charge is 0.334 e. The number of hydrogen-bond donors (Lipinski definition) is 0. The zero-order valence-corrected chi connectivity index (χ0v) is 9.73. The van der Waals surface area contributed by atoms with Gasteiger partial charge in [0.2, 0.25) is 0 Å². The lowest BCUT2D eigenvalue weighted by atomic mass is 10.2. The van der Waals surface area contributed by atoms with Crippen molar-refractivity contribution in [1.29, 1.82) is 0 Å². The van der Waals surface area contributed by atoms with Crippen LogP contribution in [0.4, 0.5) is 0 Å². The van der Waals surface area contributed by atoms with E-state index in [-0.39, 0.29) is 0 Å². The van der Waals surface area contributed by atoms with E-state index >= 15 is 0 Å². The third-order valence-corrected chi connectivity index (χ3v) is 2.20. The summed E-state index contributed by atoms with van der Waals surface area (Å²) in [6.45, 7) is 12.2. The molecule has 0 aromatic rings. The lowest BCUT2D eigenvalue weighted by molar-refractivity contribution is 0.213. The summed E-state index contributed by atoms with van der Waals surface area (Å²) >= 11 is 0. The van der Waals surface area contributed by atoms with E-state index in [1.807, 2.05) is 6.66 Å². The highest BCUT2D eigenvalue weighted by molar-refractivity contribution is 7.46. The maximum absolute atomic E-state index is 5.50. The van der Waals surface area contributed by atoms with E-state index in [1.165, 1.54) is 0 Å². The molecule has 0 aliphatic rings. The van der Waals surface area contributed by atoms with Gasteiger partial charge in [-0.3, -0.25) is 0 Å². The maximum atomic E-state index is 5.50. The average molecular weight is 192 g/mol. The molecule has 0 rings (SSSR count). The highest BCUT2D eigenvalue weighted by atomic mass is 31.2. The summed E-state index contributed by atoms with van der Waals surface area (Å²) in [6.07, 6.45) is 0. The van der Waals surface area contributed by atoms with E-state index in [2.05, 4.69) is 27.7 Å². The molecule has 2 nitrogen and oxygen atoms in total. The molecule has 0 aliphatic heterocycles. The van der Waals surface area contributed by atoms with Crippen molar-refractivity contribution < 1.29 is 9.05 Å². The van der Waals surface area contributed by atoms with Crippen LogP contribution in [0.1, 0.15) is 27.7 Å². The van der Waals surface area contributed by atoms with E-state index in [4.69, 9.17) is 9.05 Å². The van der Waals surface area contributed by atoms with Crippen LogP contribution in [0.25, 0.3) is 0 Å². The smallest absolute Gasteiger partial charge is 0.167 e. The molecule has 3 heteroatoms. The molecule has 12 heavy (non-hydrogen) atoms. The Kier molecular flexibility index (Phi) is 7.02. The van der Waals surface area contributed by atoms with E-state index < -0.39 is 8.38 Å². The molecule has 0 bridgehead atoms. The van der Waals surface area contributed by atoms with Crippen molar-refractivity contribution in [3.63, 3.8) is 0 Å². The Hall–Kier alpha value is 0.350. The van der Waals surface area contributed by atoms with Crippen LogP contribution in [0.2, 0.25) is 0 Å². The predicted molar refractivity (Wildman–Crippen MR) is 54.4 cm³/mol. The van der Waals surface area contributed by atoms with Gasteiger partial charge in [0.25, 0.3) is 0 Å². The minimum Gasteiger partial charge on any atom is -0.334 e. The van der Waals surface area contributed by atoms with Crippen LogP contribution in [0.3, 0.4) is 0 Å². The van der Waals surface area contributed by atoms with Crippen LogP contribution >= 0.6 is 8.38 Å². The van der Waals surface area contributed by atoms with Gasteiger partial charge in [-0.1, -0.05) is 27.7 Å². The summed E-state index contributed by atoms with van der Waals surface area (Å²) < 4.78 is 11.0. The molecule has 0 aromatic carbocycles. The van der Waals surface area contributed by atoms with Gasteiger partial charge in [0.15, 0.2) is 8.38 Å². The standard InChI is InChI=1S/C9H21O2P/c1-8(2)6-10-12(5)11-7-9(3)4/h8-9H,6-7H2,1-5H3. The van der Waals surface area contributed by atoms with Crippen molar-refractivity contribution in [2.75, 3.05) is 19.9 Å². The van der Waals surface area contributed by atoms with Crippen LogP contribution < -0.4 is 0 Å². The lowest BCUT2D eigenvalue weighted by Crippen LogP contribution is -2.02. The molecular formula is C9H21O2P. The summed E-state index contributed by atoms with van der Waals surface area (Å²) in [5.41, 5.74) is 0. The first kappa shape index (κ1) is 12.3. The molecule has 0 amide bonds. The third kappa shape index (κ3) is 8.45. The van der Waals surface area contributed by atoms with Gasteiger partial charge < -0.3 is 9.05 Å². The Morgan fingerprint density at radius 2 is 1.25 bits per heavy atom. The van der Waals surface area contributed by atoms with E-state index in [9.17, 15) is 0 Å². The fraction of sp³-hybridized carbons (Fsp3) is 1.00. The molecule has 74 valence electrons. The minimum atomic E-state index is -0.646. The number of hydrogen-bond acceptors (Lipinski definition) is 2. The SMILES string of the molecule is CC(C)COP(C)OCC(C)C. The Balaban J connectivity index is 3.27. The van der Waals surface area contributed by atoms with Gasteiger partial charge in [0.1, 0.15) is 0 Å². The van der Waals surface area contributed by atoms with Crippen LogP contribution in [-0.2, 0) is 9.05 Å². The summed E-state index contributed by atoms with van der Waals surface area (Å²) in [5, 5.41) is 0. The summed E-state index contributed by atoms with van der Waals surface area (Å²) in [7, 11) is -0.646. The molecule has 0 aliphatic carbocycles. The Morgan fingerprint density at radius 3 is 1.50 bits per heavy atom. The average Bonchev–Trinajstić information content (AvgIpc) is 1.96. The fourth-order valence-corrected chi connectivity index (χ4v) is 1.64.